The zero-order valence-corrected chi connectivity index (χ0v) is 63.2. The van der Waals surface area contributed by atoms with Gasteiger partial charge in [-0.15, -0.1) is 0 Å². The first-order chi connectivity index (χ1) is 45.3. The second-order valence-corrected chi connectivity index (χ2v) is 31.1. The van der Waals surface area contributed by atoms with Crippen LogP contribution in [0.3, 0.4) is 0 Å². The van der Waals surface area contributed by atoms with Crippen molar-refractivity contribution >= 4 is 39.5 Å². The highest BCUT2D eigenvalue weighted by Crippen LogP contribution is 2.45. The Labute approximate surface area is 575 Å². The van der Waals surface area contributed by atoms with E-state index < -0.39 is 97.5 Å². The zero-order valence-electron chi connectivity index (χ0n) is 61.4. The van der Waals surface area contributed by atoms with Gasteiger partial charge in [-0.05, 0) is 43.4 Å². The van der Waals surface area contributed by atoms with Crippen LogP contribution in [0.15, 0.2) is 0 Å². The number of phosphoric acid groups is 2. The lowest BCUT2D eigenvalue weighted by Crippen LogP contribution is -2.30. The van der Waals surface area contributed by atoms with E-state index in [0.29, 0.717) is 31.6 Å². The van der Waals surface area contributed by atoms with E-state index in [1.807, 2.05) is 0 Å². The molecule has 17 nitrogen and oxygen atoms in total. The first-order valence-corrected chi connectivity index (χ1v) is 41.9. The average Bonchev–Trinajstić information content (AvgIpc) is 2.44. The Bertz CT molecular complexity index is 1840. The van der Waals surface area contributed by atoms with Crippen molar-refractivity contribution < 1.29 is 80.2 Å². The maximum absolute atomic E-state index is 13.1. The van der Waals surface area contributed by atoms with Gasteiger partial charge in [-0.25, -0.2) is 9.13 Å². The minimum Gasteiger partial charge on any atom is -0.462 e. The van der Waals surface area contributed by atoms with Crippen molar-refractivity contribution in [3.63, 3.8) is 0 Å². The summed E-state index contributed by atoms with van der Waals surface area (Å²) >= 11 is 0. The van der Waals surface area contributed by atoms with Gasteiger partial charge in [0.2, 0.25) is 0 Å². The highest BCUT2D eigenvalue weighted by molar-refractivity contribution is 7.47. The van der Waals surface area contributed by atoms with Crippen LogP contribution < -0.4 is 0 Å². The summed E-state index contributed by atoms with van der Waals surface area (Å²) in [5.74, 6) is 0.191. The fourth-order valence-corrected chi connectivity index (χ4v) is 13.0. The van der Waals surface area contributed by atoms with E-state index in [-0.39, 0.29) is 25.7 Å². The van der Waals surface area contributed by atoms with E-state index in [0.717, 1.165) is 108 Å². The molecule has 0 amide bonds. The summed E-state index contributed by atoms with van der Waals surface area (Å²) in [5.41, 5.74) is 0. The molecule has 0 aliphatic heterocycles. The molecule has 0 rings (SSSR count). The topological polar surface area (TPSA) is 237 Å². The van der Waals surface area contributed by atoms with Gasteiger partial charge >= 0.3 is 39.5 Å². The van der Waals surface area contributed by atoms with Gasteiger partial charge in [-0.3, -0.25) is 37.3 Å². The minimum absolute atomic E-state index is 0.107. The van der Waals surface area contributed by atoms with E-state index in [4.69, 9.17) is 37.0 Å². The molecule has 0 saturated heterocycles. The predicted octanol–water partition coefficient (Wildman–Crippen LogP) is 21.8. The molecule has 0 spiro atoms. The van der Waals surface area contributed by atoms with Gasteiger partial charge in [0, 0.05) is 25.7 Å². The van der Waals surface area contributed by atoms with Crippen LogP contribution in [-0.4, -0.2) is 96.7 Å². The zero-order chi connectivity index (χ0) is 69.4. The summed E-state index contributed by atoms with van der Waals surface area (Å²) in [6, 6.07) is 0. The van der Waals surface area contributed by atoms with Crippen LogP contribution >= 0.6 is 15.6 Å². The number of carbonyl (C=O) groups is 4. The first kappa shape index (κ1) is 92.1. The van der Waals surface area contributed by atoms with Crippen molar-refractivity contribution in [1.29, 1.82) is 0 Å². The summed E-state index contributed by atoms with van der Waals surface area (Å²) in [5, 5.41) is 10.6. The summed E-state index contributed by atoms with van der Waals surface area (Å²) in [7, 11) is -9.91. The summed E-state index contributed by atoms with van der Waals surface area (Å²) in [6.45, 7) is 11.9. The summed E-state index contributed by atoms with van der Waals surface area (Å²) < 4.78 is 68.5. The van der Waals surface area contributed by atoms with Crippen LogP contribution in [0.4, 0.5) is 0 Å². The van der Waals surface area contributed by atoms with Gasteiger partial charge < -0.3 is 33.8 Å². The van der Waals surface area contributed by atoms with Crippen LogP contribution in [0.5, 0.6) is 0 Å². The lowest BCUT2D eigenvalue weighted by molar-refractivity contribution is -0.161. The van der Waals surface area contributed by atoms with Gasteiger partial charge in [-0.2, -0.15) is 0 Å². The van der Waals surface area contributed by atoms with Crippen molar-refractivity contribution in [1.82, 2.24) is 0 Å². The fourth-order valence-electron chi connectivity index (χ4n) is 11.4. The van der Waals surface area contributed by atoms with Crippen molar-refractivity contribution in [3.05, 3.63) is 0 Å². The molecule has 0 aromatic carbocycles. The Hall–Kier alpha value is -1.94. The summed E-state index contributed by atoms with van der Waals surface area (Å²) in [6.07, 6.45) is 51.3. The number of aliphatic hydroxyl groups is 1. The third-order valence-electron chi connectivity index (χ3n) is 17.7. The van der Waals surface area contributed by atoms with E-state index in [2.05, 4.69) is 48.5 Å². The molecule has 0 aromatic heterocycles. The molecular formula is C75H146O17P2. The van der Waals surface area contributed by atoms with Gasteiger partial charge in [0.1, 0.15) is 19.3 Å². The normalized spacial score (nSPS) is 14.4. The first-order valence-electron chi connectivity index (χ1n) is 38.9. The number of carbonyl (C=O) groups excluding carboxylic acids is 4. The van der Waals surface area contributed by atoms with E-state index >= 15 is 0 Å². The Morgan fingerprint density at radius 2 is 0.543 bits per heavy atom. The number of phosphoric ester groups is 2. The van der Waals surface area contributed by atoms with Crippen molar-refractivity contribution in [3.8, 4) is 0 Å². The molecule has 3 N–H and O–H groups in total. The van der Waals surface area contributed by atoms with Gasteiger partial charge in [-0.1, -0.05) is 331 Å². The molecule has 0 fully saturated rings. The van der Waals surface area contributed by atoms with Crippen molar-refractivity contribution in [2.24, 2.45) is 17.8 Å². The number of aliphatic hydroxyl groups excluding tert-OH is 1. The fraction of sp³-hybridized carbons (Fsp3) is 0.947. The third kappa shape index (κ3) is 67.3. The summed E-state index contributed by atoms with van der Waals surface area (Å²) in [4.78, 5) is 72.8. The predicted molar refractivity (Wildman–Crippen MR) is 381 cm³/mol. The highest BCUT2D eigenvalue weighted by atomic mass is 31.2. The Kier molecular flexibility index (Phi) is 64.3. The number of hydrogen-bond acceptors (Lipinski definition) is 15. The lowest BCUT2D eigenvalue weighted by atomic mass is 9.99. The Morgan fingerprint density at radius 3 is 0.809 bits per heavy atom. The molecule has 558 valence electrons. The molecule has 0 bridgehead atoms. The third-order valence-corrected chi connectivity index (χ3v) is 19.6. The molecule has 94 heavy (non-hydrogen) atoms. The lowest BCUT2D eigenvalue weighted by Gasteiger charge is -2.21. The minimum atomic E-state index is -4.96. The quantitative estimate of drug-likeness (QED) is 0.0222. The average molecular weight is 1380 g/mol. The molecule has 0 radical (unpaired) electrons. The van der Waals surface area contributed by atoms with Gasteiger partial charge in [0.15, 0.2) is 12.2 Å². The van der Waals surface area contributed by atoms with Crippen LogP contribution in [0.25, 0.3) is 0 Å². The molecular weight excluding hydrogens is 1230 g/mol. The molecule has 0 aliphatic carbocycles. The van der Waals surface area contributed by atoms with Crippen molar-refractivity contribution in [2.45, 2.75) is 401 Å². The largest absolute Gasteiger partial charge is 0.472 e. The monoisotopic (exact) mass is 1380 g/mol. The molecule has 0 saturated carbocycles. The highest BCUT2D eigenvalue weighted by Gasteiger charge is 2.30. The Morgan fingerprint density at radius 1 is 0.309 bits per heavy atom. The van der Waals surface area contributed by atoms with Gasteiger partial charge in [0.25, 0.3) is 0 Å². The van der Waals surface area contributed by atoms with Crippen LogP contribution in [0, 0.1) is 17.8 Å². The maximum Gasteiger partial charge on any atom is 0.472 e. The van der Waals surface area contributed by atoms with E-state index in [9.17, 15) is 43.2 Å². The molecule has 0 heterocycles. The van der Waals surface area contributed by atoms with Crippen molar-refractivity contribution in [2.75, 3.05) is 39.6 Å². The van der Waals surface area contributed by atoms with Crippen LogP contribution in [-0.2, 0) is 65.4 Å². The molecule has 6 atom stereocenters. The van der Waals surface area contributed by atoms with Crippen LogP contribution in [0.2, 0.25) is 0 Å². The number of unbranched alkanes of at least 4 members (excludes halogenated alkanes) is 40. The van der Waals surface area contributed by atoms with E-state index in [1.54, 1.807) is 0 Å². The van der Waals surface area contributed by atoms with E-state index in [1.165, 1.54) is 186 Å². The SMILES string of the molecule is CCCCCCCCCCCCCCCC(=O)O[C@H](COC(=O)CCCCCCCCCC(C)C)COP(=O)(O)OC[C@H](O)COP(=O)(O)OC[C@@H](COC(=O)CCCCCCCCCCCCC(C)C)OC(=O)CCCCCCCCCCCCCCCCC(C)CC. The smallest absolute Gasteiger partial charge is 0.462 e. The number of hydrogen-bond donors (Lipinski definition) is 3. The van der Waals surface area contributed by atoms with Gasteiger partial charge in [0.05, 0.1) is 26.4 Å². The van der Waals surface area contributed by atoms with Crippen LogP contribution in [0.1, 0.15) is 382 Å². The second-order valence-electron chi connectivity index (χ2n) is 28.2. The molecule has 3 unspecified atom stereocenters. The number of esters is 4. The molecule has 19 heteroatoms. The number of rotatable bonds is 73. The second kappa shape index (κ2) is 65.7. The molecule has 0 aromatic rings. The Balaban J connectivity index is 5.25. The molecule has 0 aliphatic rings. The number of ether oxygens (including phenoxy) is 4. The standard InChI is InChI=1S/C75H146O17P2/c1-8-10-11-12-13-14-15-18-22-29-36-44-51-58-74(79)92-71(63-86-73(78)57-50-43-38-31-33-40-47-54-67(5)6)65-90-94(83,84)88-61-69(76)60-87-93(81,82)89-64-70(62-85-72(77)56-49-42-35-28-25-24-26-32-39-46-53-66(3)4)91-75(80)59-52-45-37-30-23-20-17-16-19-21-27-34-41-48-55-68(7)9-2/h66-71,76H,8-65H2,1-7H3,(H,81,82)(H,83,84)/t68?,69-,70-,71-/m1/s1. The maximum atomic E-state index is 13.1.